The Morgan fingerprint density at radius 1 is 0.964 bits per heavy atom. The van der Waals surface area contributed by atoms with Crippen molar-refractivity contribution in [3.05, 3.63) is 101 Å². The number of hydrogen-bond acceptors (Lipinski definition) is 4. The fourth-order valence-corrected chi connectivity index (χ4v) is 3.57. The monoisotopic (exact) mass is 389 g/mol. The van der Waals surface area contributed by atoms with Crippen LogP contribution in [0.5, 0.6) is 0 Å². The summed E-state index contributed by atoms with van der Waals surface area (Å²) < 4.78 is 1.79. The van der Waals surface area contributed by atoms with Crippen LogP contribution >= 0.6 is 11.3 Å². The van der Waals surface area contributed by atoms with Gasteiger partial charge < -0.3 is 0 Å². The Labute approximate surface area is 167 Å². The average molecular weight is 389 g/mol. The van der Waals surface area contributed by atoms with Crippen LogP contribution in [0.2, 0.25) is 0 Å². The number of carbonyl (C=O) groups excluding carboxylic acids is 1. The molecule has 6 heteroatoms. The molecule has 4 rings (SSSR count). The molecule has 2 heterocycles. The Morgan fingerprint density at radius 3 is 2.36 bits per heavy atom. The van der Waals surface area contributed by atoms with Gasteiger partial charge in [-0.05, 0) is 22.6 Å². The molecule has 28 heavy (non-hydrogen) atoms. The summed E-state index contributed by atoms with van der Waals surface area (Å²) in [5.74, 6) is -0.307. The van der Waals surface area contributed by atoms with E-state index in [1.54, 1.807) is 22.2 Å². The van der Waals surface area contributed by atoms with Crippen molar-refractivity contribution in [2.24, 2.45) is 0 Å². The third-order valence-corrected chi connectivity index (χ3v) is 5.07. The van der Waals surface area contributed by atoms with Crippen LogP contribution in [-0.2, 0) is 18.0 Å². The second-order valence-electron chi connectivity index (χ2n) is 6.26. The molecular weight excluding hydrogens is 370 g/mol. The van der Waals surface area contributed by atoms with E-state index in [4.69, 9.17) is 4.84 Å². The first-order chi connectivity index (χ1) is 13.8. The molecule has 2 aromatic carbocycles. The zero-order chi connectivity index (χ0) is 19.2. The number of thiophene rings is 1. The van der Waals surface area contributed by atoms with Gasteiger partial charge in [-0.3, -0.25) is 14.3 Å². The molecule has 4 aromatic rings. The number of nitrogens with zero attached hydrogens (tertiary/aromatic N) is 2. The zero-order valence-corrected chi connectivity index (χ0v) is 15.9. The van der Waals surface area contributed by atoms with E-state index in [0.717, 1.165) is 16.0 Å². The highest BCUT2D eigenvalue weighted by atomic mass is 32.1. The van der Waals surface area contributed by atoms with Crippen LogP contribution in [0.1, 0.15) is 21.5 Å². The second-order valence-corrected chi connectivity index (χ2v) is 7.21. The van der Waals surface area contributed by atoms with Crippen LogP contribution in [0.4, 0.5) is 0 Å². The largest absolute Gasteiger partial charge is 0.278 e. The predicted octanol–water partition coefficient (Wildman–Crippen LogP) is 4.52. The summed E-state index contributed by atoms with van der Waals surface area (Å²) >= 11 is 1.55. The van der Waals surface area contributed by atoms with E-state index in [2.05, 4.69) is 10.6 Å². The van der Waals surface area contributed by atoms with E-state index in [1.807, 2.05) is 78.2 Å². The molecule has 0 aliphatic heterocycles. The minimum Gasteiger partial charge on any atom is -0.269 e. The van der Waals surface area contributed by atoms with Crippen molar-refractivity contribution in [2.75, 3.05) is 0 Å². The number of rotatable bonds is 7. The topological polar surface area (TPSA) is 56.1 Å². The van der Waals surface area contributed by atoms with Gasteiger partial charge in [-0.15, -0.1) is 11.3 Å². The van der Waals surface area contributed by atoms with Crippen LogP contribution in [0, 0.1) is 0 Å². The molecule has 0 aliphatic carbocycles. The standard InChI is InChI=1S/C22H19N3O2S/c26-22(24-27-16-18-10-5-2-6-11-18)19-15-25(14-17-8-3-1-4-9-17)23-21(19)20-12-7-13-28-20/h1-13,15H,14,16H2,(H,24,26). The lowest BCUT2D eigenvalue weighted by Gasteiger charge is -2.05. The van der Waals surface area contributed by atoms with Gasteiger partial charge in [0.1, 0.15) is 5.69 Å². The summed E-state index contributed by atoms with van der Waals surface area (Å²) in [7, 11) is 0. The molecular formula is C22H19N3O2S. The third-order valence-electron chi connectivity index (χ3n) is 4.19. The SMILES string of the molecule is O=C(NOCc1ccccc1)c1cn(Cc2ccccc2)nc1-c1cccs1. The van der Waals surface area contributed by atoms with Crippen LogP contribution < -0.4 is 5.48 Å². The predicted molar refractivity (Wildman–Crippen MR) is 110 cm³/mol. The Kier molecular flexibility index (Phi) is 5.61. The maximum Gasteiger partial charge on any atom is 0.278 e. The quantitative estimate of drug-likeness (QED) is 0.473. The van der Waals surface area contributed by atoms with Crippen molar-refractivity contribution in [3.63, 3.8) is 0 Å². The van der Waals surface area contributed by atoms with Gasteiger partial charge in [0.25, 0.3) is 5.91 Å². The fourth-order valence-electron chi connectivity index (χ4n) is 2.85. The van der Waals surface area contributed by atoms with E-state index in [0.29, 0.717) is 24.4 Å². The number of hydrogen-bond donors (Lipinski definition) is 1. The van der Waals surface area contributed by atoms with Crippen LogP contribution in [0.25, 0.3) is 10.6 Å². The van der Waals surface area contributed by atoms with Crippen molar-refractivity contribution >= 4 is 17.2 Å². The first-order valence-electron chi connectivity index (χ1n) is 8.91. The first kappa shape index (κ1) is 18.2. The van der Waals surface area contributed by atoms with Crippen LogP contribution in [-0.4, -0.2) is 15.7 Å². The van der Waals surface area contributed by atoms with Crippen molar-refractivity contribution in [1.82, 2.24) is 15.3 Å². The van der Waals surface area contributed by atoms with E-state index in [1.165, 1.54) is 0 Å². The number of hydroxylamine groups is 1. The van der Waals surface area contributed by atoms with E-state index in [9.17, 15) is 4.79 Å². The molecule has 0 aliphatic rings. The third kappa shape index (κ3) is 4.36. The molecule has 140 valence electrons. The number of nitrogens with one attached hydrogen (secondary N) is 1. The Hall–Kier alpha value is -3.22. The van der Waals surface area contributed by atoms with Gasteiger partial charge in [-0.2, -0.15) is 5.10 Å². The second kappa shape index (κ2) is 8.65. The zero-order valence-electron chi connectivity index (χ0n) is 15.1. The summed E-state index contributed by atoms with van der Waals surface area (Å²) in [5, 5.41) is 6.62. The molecule has 0 spiro atoms. The molecule has 0 atom stereocenters. The lowest BCUT2D eigenvalue weighted by molar-refractivity contribution is 0.0234. The fraction of sp³-hybridized carbons (Fsp3) is 0.0909. The summed E-state index contributed by atoms with van der Waals surface area (Å²) in [6, 6.07) is 23.6. The lowest BCUT2D eigenvalue weighted by Crippen LogP contribution is -2.23. The smallest absolute Gasteiger partial charge is 0.269 e. The van der Waals surface area contributed by atoms with Gasteiger partial charge in [0.05, 0.1) is 23.6 Å². The number of amides is 1. The van der Waals surface area contributed by atoms with Gasteiger partial charge in [0, 0.05) is 6.20 Å². The van der Waals surface area contributed by atoms with Gasteiger partial charge in [-0.1, -0.05) is 66.7 Å². The lowest BCUT2D eigenvalue weighted by atomic mass is 10.2. The molecule has 0 saturated carbocycles. The highest BCUT2D eigenvalue weighted by Gasteiger charge is 2.19. The molecule has 0 fully saturated rings. The highest BCUT2D eigenvalue weighted by molar-refractivity contribution is 7.13. The van der Waals surface area contributed by atoms with Crippen molar-refractivity contribution in [2.45, 2.75) is 13.2 Å². The van der Waals surface area contributed by atoms with E-state index in [-0.39, 0.29) is 5.91 Å². The molecule has 5 nitrogen and oxygen atoms in total. The van der Waals surface area contributed by atoms with Gasteiger partial charge in [-0.25, -0.2) is 5.48 Å². The average Bonchev–Trinajstić information content (AvgIpc) is 3.39. The Morgan fingerprint density at radius 2 is 1.68 bits per heavy atom. The highest BCUT2D eigenvalue weighted by Crippen LogP contribution is 2.27. The summed E-state index contributed by atoms with van der Waals surface area (Å²) in [5.41, 5.74) is 5.80. The van der Waals surface area contributed by atoms with Crippen molar-refractivity contribution in [3.8, 4) is 10.6 Å². The van der Waals surface area contributed by atoms with E-state index >= 15 is 0 Å². The molecule has 2 aromatic heterocycles. The summed E-state index contributed by atoms with van der Waals surface area (Å²) in [6.45, 7) is 0.899. The molecule has 0 radical (unpaired) electrons. The van der Waals surface area contributed by atoms with Crippen molar-refractivity contribution < 1.29 is 9.63 Å². The van der Waals surface area contributed by atoms with Gasteiger partial charge >= 0.3 is 0 Å². The molecule has 1 N–H and O–H groups in total. The van der Waals surface area contributed by atoms with Crippen LogP contribution in [0.15, 0.2) is 84.4 Å². The summed E-state index contributed by atoms with van der Waals surface area (Å²) in [4.78, 5) is 19.1. The molecule has 0 saturated heterocycles. The maximum absolute atomic E-state index is 12.7. The molecule has 0 unspecified atom stereocenters. The normalized spacial score (nSPS) is 10.7. The molecule has 1 amide bonds. The Balaban J connectivity index is 1.51. The van der Waals surface area contributed by atoms with Crippen LogP contribution in [0.3, 0.4) is 0 Å². The van der Waals surface area contributed by atoms with Gasteiger partial charge in [0.2, 0.25) is 0 Å². The van der Waals surface area contributed by atoms with Crippen molar-refractivity contribution in [1.29, 1.82) is 0 Å². The Bertz CT molecular complexity index is 1030. The molecule has 0 bridgehead atoms. The van der Waals surface area contributed by atoms with E-state index < -0.39 is 0 Å². The minimum absolute atomic E-state index is 0.305. The first-order valence-corrected chi connectivity index (χ1v) is 9.79. The number of aromatic nitrogens is 2. The maximum atomic E-state index is 12.7. The van der Waals surface area contributed by atoms with Gasteiger partial charge in [0.15, 0.2) is 0 Å². The number of benzene rings is 2. The minimum atomic E-state index is -0.307. The summed E-state index contributed by atoms with van der Waals surface area (Å²) in [6.07, 6.45) is 1.77. The number of carbonyl (C=O) groups is 1.